The van der Waals surface area contributed by atoms with Crippen LogP contribution in [0.1, 0.15) is 49.3 Å². The van der Waals surface area contributed by atoms with Gasteiger partial charge in [0.1, 0.15) is 0 Å². The van der Waals surface area contributed by atoms with Gasteiger partial charge >= 0.3 is 0 Å². The van der Waals surface area contributed by atoms with Crippen LogP contribution in [-0.2, 0) is 11.2 Å². The molecule has 0 saturated heterocycles. The zero-order valence-corrected chi connectivity index (χ0v) is 12.7. The van der Waals surface area contributed by atoms with Gasteiger partial charge in [0.05, 0.1) is 6.42 Å². The number of amides is 1. The van der Waals surface area contributed by atoms with Crippen LogP contribution in [0, 0.1) is 17.8 Å². The summed E-state index contributed by atoms with van der Waals surface area (Å²) < 4.78 is 0. The van der Waals surface area contributed by atoms with Crippen LogP contribution in [0.5, 0.6) is 0 Å². The highest BCUT2D eigenvalue weighted by Gasteiger charge is 2.40. The van der Waals surface area contributed by atoms with Crippen molar-refractivity contribution < 1.29 is 4.79 Å². The maximum Gasteiger partial charge on any atom is 0.228 e. The van der Waals surface area contributed by atoms with Crippen molar-refractivity contribution in [3.63, 3.8) is 0 Å². The molecular formula is C18H24N2O. The Balaban J connectivity index is 1.51. The molecule has 4 atom stereocenters. The van der Waals surface area contributed by atoms with Gasteiger partial charge in [-0.05, 0) is 67.7 Å². The van der Waals surface area contributed by atoms with E-state index < -0.39 is 0 Å². The number of fused-ring (bicyclic) bond motifs is 3. The highest BCUT2D eigenvalue weighted by Crippen LogP contribution is 2.51. The lowest BCUT2D eigenvalue weighted by atomic mass is 9.82. The minimum absolute atomic E-state index is 0.122. The summed E-state index contributed by atoms with van der Waals surface area (Å²) in [6, 6.07) is 6.90. The zero-order valence-electron chi connectivity index (χ0n) is 12.7. The molecule has 0 aromatic heterocycles. The minimum Gasteiger partial charge on any atom is -0.326 e. The van der Waals surface area contributed by atoms with Crippen LogP contribution in [0.25, 0.3) is 0 Å². The third kappa shape index (κ3) is 2.38. The SMILES string of the molecule is CNC(CC1CC2CCC1C2)c1ccc2c(c1)CC(=O)N2. The fourth-order valence-electron chi connectivity index (χ4n) is 4.85. The van der Waals surface area contributed by atoms with Crippen molar-refractivity contribution in [1.82, 2.24) is 5.32 Å². The number of anilines is 1. The van der Waals surface area contributed by atoms with Crippen LogP contribution in [0.4, 0.5) is 5.69 Å². The molecule has 1 aromatic carbocycles. The number of rotatable bonds is 4. The lowest BCUT2D eigenvalue weighted by Crippen LogP contribution is -2.22. The Morgan fingerprint density at radius 1 is 1.33 bits per heavy atom. The zero-order chi connectivity index (χ0) is 14.4. The van der Waals surface area contributed by atoms with E-state index in [1.54, 1.807) is 0 Å². The Bertz CT molecular complexity index is 568. The molecule has 4 rings (SSSR count). The minimum atomic E-state index is 0.122. The Morgan fingerprint density at radius 2 is 2.24 bits per heavy atom. The molecule has 3 nitrogen and oxygen atoms in total. The van der Waals surface area contributed by atoms with E-state index in [-0.39, 0.29) is 5.91 Å². The smallest absolute Gasteiger partial charge is 0.228 e. The number of carbonyl (C=O) groups is 1. The van der Waals surface area contributed by atoms with E-state index in [9.17, 15) is 4.79 Å². The van der Waals surface area contributed by atoms with Gasteiger partial charge in [0.25, 0.3) is 0 Å². The molecule has 2 aliphatic carbocycles. The predicted molar refractivity (Wildman–Crippen MR) is 84.1 cm³/mol. The van der Waals surface area contributed by atoms with Crippen LogP contribution in [0.15, 0.2) is 18.2 Å². The van der Waals surface area contributed by atoms with E-state index >= 15 is 0 Å². The van der Waals surface area contributed by atoms with E-state index in [1.165, 1.54) is 37.7 Å². The molecule has 21 heavy (non-hydrogen) atoms. The topological polar surface area (TPSA) is 41.1 Å². The largest absolute Gasteiger partial charge is 0.326 e. The number of hydrogen-bond donors (Lipinski definition) is 2. The molecule has 2 N–H and O–H groups in total. The Labute approximate surface area is 126 Å². The molecule has 112 valence electrons. The number of benzene rings is 1. The highest BCUT2D eigenvalue weighted by molar-refractivity contribution is 5.99. The van der Waals surface area contributed by atoms with Crippen molar-refractivity contribution in [1.29, 1.82) is 0 Å². The van der Waals surface area contributed by atoms with E-state index in [0.29, 0.717) is 12.5 Å². The van der Waals surface area contributed by atoms with Crippen molar-refractivity contribution >= 4 is 11.6 Å². The van der Waals surface area contributed by atoms with Gasteiger partial charge in [-0.2, -0.15) is 0 Å². The predicted octanol–water partition coefficient (Wildman–Crippen LogP) is 3.27. The average Bonchev–Trinajstić information content (AvgIpc) is 3.17. The molecule has 0 spiro atoms. The first kappa shape index (κ1) is 13.3. The Hall–Kier alpha value is -1.35. The van der Waals surface area contributed by atoms with Crippen LogP contribution in [0.3, 0.4) is 0 Å². The fraction of sp³-hybridized carbons (Fsp3) is 0.611. The van der Waals surface area contributed by atoms with Crippen LogP contribution < -0.4 is 10.6 Å². The highest BCUT2D eigenvalue weighted by atomic mass is 16.1. The first-order valence-corrected chi connectivity index (χ1v) is 8.33. The molecule has 0 radical (unpaired) electrons. The lowest BCUT2D eigenvalue weighted by Gasteiger charge is -2.27. The van der Waals surface area contributed by atoms with Gasteiger partial charge in [0.2, 0.25) is 5.91 Å². The first-order chi connectivity index (χ1) is 10.2. The maximum absolute atomic E-state index is 11.5. The Morgan fingerprint density at radius 3 is 2.95 bits per heavy atom. The van der Waals surface area contributed by atoms with Crippen molar-refractivity contribution in [2.24, 2.45) is 17.8 Å². The standard InChI is InChI=1S/C18H24N2O/c1-19-17(9-14-7-11-2-3-12(14)6-11)13-4-5-16-15(8-13)10-18(21)20-16/h4-5,8,11-12,14,17,19H,2-3,6-7,9-10H2,1H3,(H,20,21). The summed E-state index contributed by atoms with van der Waals surface area (Å²) in [5.74, 6) is 3.01. The van der Waals surface area contributed by atoms with Gasteiger partial charge in [-0.1, -0.05) is 18.6 Å². The van der Waals surface area contributed by atoms with Gasteiger partial charge in [-0.15, -0.1) is 0 Å². The van der Waals surface area contributed by atoms with Gasteiger partial charge in [0.15, 0.2) is 0 Å². The van der Waals surface area contributed by atoms with Crippen LogP contribution in [-0.4, -0.2) is 13.0 Å². The first-order valence-electron chi connectivity index (χ1n) is 8.33. The summed E-state index contributed by atoms with van der Waals surface area (Å²) in [5, 5.41) is 6.42. The Kier molecular flexibility index (Phi) is 3.26. The van der Waals surface area contributed by atoms with E-state index in [0.717, 1.165) is 29.0 Å². The molecule has 4 unspecified atom stereocenters. The summed E-state index contributed by atoms with van der Waals surface area (Å²) in [7, 11) is 2.06. The van der Waals surface area contributed by atoms with Crippen molar-refractivity contribution in [2.75, 3.05) is 12.4 Å². The molecule has 2 saturated carbocycles. The molecule has 1 aliphatic heterocycles. The summed E-state index contributed by atoms with van der Waals surface area (Å²) in [4.78, 5) is 11.5. The molecule has 2 bridgehead atoms. The maximum atomic E-state index is 11.5. The summed E-state index contributed by atoms with van der Waals surface area (Å²) >= 11 is 0. The molecule has 3 heteroatoms. The van der Waals surface area contributed by atoms with Gasteiger partial charge < -0.3 is 10.6 Å². The molecule has 1 amide bonds. The third-order valence-corrected chi connectivity index (χ3v) is 5.93. The van der Waals surface area contributed by atoms with E-state index in [1.807, 2.05) is 0 Å². The van der Waals surface area contributed by atoms with Crippen molar-refractivity contribution in [2.45, 2.75) is 44.6 Å². The summed E-state index contributed by atoms with van der Waals surface area (Å²) in [6.45, 7) is 0. The molecular weight excluding hydrogens is 260 g/mol. The normalized spacial score (nSPS) is 31.3. The van der Waals surface area contributed by atoms with Crippen LogP contribution in [0.2, 0.25) is 0 Å². The van der Waals surface area contributed by atoms with E-state index in [4.69, 9.17) is 0 Å². The summed E-state index contributed by atoms with van der Waals surface area (Å²) in [6.07, 6.45) is 7.62. The molecule has 1 aromatic rings. The third-order valence-electron chi connectivity index (χ3n) is 5.93. The van der Waals surface area contributed by atoms with Gasteiger partial charge in [-0.3, -0.25) is 4.79 Å². The van der Waals surface area contributed by atoms with Crippen molar-refractivity contribution in [3.05, 3.63) is 29.3 Å². The van der Waals surface area contributed by atoms with Gasteiger partial charge in [-0.25, -0.2) is 0 Å². The van der Waals surface area contributed by atoms with Crippen molar-refractivity contribution in [3.8, 4) is 0 Å². The van der Waals surface area contributed by atoms with Gasteiger partial charge in [0, 0.05) is 11.7 Å². The molecule has 2 fully saturated rings. The molecule has 1 heterocycles. The number of nitrogens with one attached hydrogen (secondary N) is 2. The molecule has 3 aliphatic rings. The average molecular weight is 284 g/mol. The lowest BCUT2D eigenvalue weighted by molar-refractivity contribution is -0.115. The number of carbonyl (C=O) groups excluding carboxylic acids is 1. The quantitative estimate of drug-likeness (QED) is 0.891. The second-order valence-electron chi connectivity index (χ2n) is 7.15. The monoisotopic (exact) mass is 284 g/mol. The number of hydrogen-bond acceptors (Lipinski definition) is 2. The van der Waals surface area contributed by atoms with E-state index in [2.05, 4.69) is 35.9 Å². The van der Waals surface area contributed by atoms with Crippen LogP contribution >= 0.6 is 0 Å². The fourth-order valence-corrected chi connectivity index (χ4v) is 4.85. The second-order valence-corrected chi connectivity index (χ2v) is 7.15. The second kappa shape index (κ2) is 5.13. The summed E-state index contributed by atoms with van der Waals surface area (Å²) in [5.41, 5.74) is 3.50.